The number of hydrogen-bond donors (Lipinski definition) is 2. The Morgan fingerprint density at radius 3 is 2.90 bits per heavy atom. The summed E-state index contributed by atoms with van der Waals surface area (Å²) in [6.07, 6.45) is 2.82. The molecule has 1 aliphatic heterocycles. The van der Waals surface area contributed by atoms with E-state index in [0.717, 1.165) is 25.1 Å². The Kier molecular flexibility index (Phi) is 4.46. The van der Waals surface area contributed by atoms with Crippen LogP contribution in [0.3, 0.4) is 0 Å². The van der Waals surface area contributed by atoms with Gasteiger partial charge in [0.1, 0.15) is 12.0 Å². The minimum absolute atomic E-state index is 0.0138. The quantitative estimate of drug-likeness (QED) is 0.619. The third kappa shape index (κ3) is 3.41. The second kappa shape index (κ2) is 6.29. The summed E-state index contributed by atoms with van der Waals surface area (Å²) in [5, 5.41) is 13.4. The number of carbonyl (C=O) groups excluding carboxylic acids is 1. The first kappa shape index (κ1) is 14.2. The number of carbonyl (C=O) groups is 1. The second-order valence-electron chi connectivity index (χ2n) is 4.65. The maximum Gasteiger partial charge on any atom is 0.288 e. The molecule has 2 heterocycles. The second-order valence-corrected chi connectivity index (χ2v) is 4.65. The van der Waals surface area contributed by atoms with Crippen molar-refractivity contribution in [1.82, 2.24) is 10.3 Å². The van der Waals surface area contributed by atoms with E-state index in [2.05, 4.69) is 10.3 Å². The van der Waals surface area contributed by atoms with Gasteiger partial charge in [0.05, 0.1) is 10.5 Å². The normalized spacial score (nSPS) is 15.8. The molecule has 8 heteroatoms. The lowest BCUT2D eigenvalue weighted by Gasteiger charge is -2.22. The van der Waals surface area contributed by atoms with E-state index in [4.69, 9.17) is 10.5 Å². The number of nitrogens with two attached hydrogens (primary N) is 1. The molecule has 108 valence electrons. The van der Waals surface area contributed by atoms with E-state index in [-0.39, 0.29) is 17.1 Å². The van der Waals surface area contributed by atoms with E-state index in [0.29, 0.717) is 25.7 Å². The van der Waals surface area contributed by atoms with Crippen LogP contribution in [0.2, 0.25) is 0 Å². The third-order valence-corrected chi connectivity index (χ3v) is 3.25. The standard InChI is InChI=1S/C12H16N4O4/c13-11-10(5-9(7-14-11)16(18)19)12(17)15-6-8-1-3-20-4-2-8/h5,7-8H,1-4,6H2,(H2,13,14)(H,15,17). The lowest BCUT2D eigenvalue weighted by atomic mass is 10.0. The minimum Gasteiger partial charge on any atom is -0.383 e. The number of ether oxygens (including phenoxy) is 1. The molecule has 8 nitrogen and oxygen atoms in total. The van der Waals surface area contributed by atoms with Gasteiger partial charge in [-0.1, -0.05) is 0 Å². The van der Waals surface area contributed by atoms with Crippen molar-refractivity contribution in [3.63, 3.8) is 0 Å². The first-order valence-electron chi connectivity index (χ1n) is 6.34. The summed E-state index contributed by atoms with van der Waals surface area (Å²) in [5.74, 6) is -0.0918. The molecular formula is C12H16N4O4. The van der Waals surface area contributed by atoms with Gasteiger partial charge in [-0.15, -0.1) is 0 Å². The predicted molar refractivity (Wildman–Crippen MR) is 71.2 cm³/mol. The Morgan fingerprint density at radius 1 is 1.55 bits per heavy atom. The SMILES string of the molecule is Nc1ncc([N+](=O)[O-])cc1C(=O)NCC1CCOCC1. The smallest absolute Gasteiger partial charge is 0.288 e. The lowest BCUT2D eigenvalue weighted by Crippen LogP contribution is -2.32. The van der Waals surface area contributed by atoms with Crippen LogP contribution in [0.5, 0.6) is 0 Å². The summed E-state index contributed by atoms with van der Waals surface area (Å²) >= 11 is 0. The molecule has 0 spiro atoms. The van der Waals surface area contributed by atoms with Crippen LogP contribution in [-0.4, -0.2) is 35.6 Å². The number of nitrogens with zero attached hydrogens (tertiary/aromatic N) is 2. The van der Waals surface area contributed by atoms with Gasteiger partial charge in [0.15, 0.2) is 0 Å². The fourth-order valence-electron chi connectivity index (χ4n) is 2.03. The molecule has 0 aromatic carbocycles. The van der Waals surface area contributed by atoms with E-state index in [1.165, 1.54) is 0 Å². The molecule has 2 rings (SSSR count). The summed E-state index contributed by atoms with van der Waals surface area (Å²) in [6.45, 7) is 1.90. The highest BCUT2D eigenvalue weighted by Gasteiger charge is 2.19. The number of nitrogen functional groups attached to an aromatic ring is 1. The van der Waals surface area contributed by atoms with Crippen LogP contribution < -0.4 is 11.1 Å². The molecule has 1 aromatic heterocycles. The largest absolute Gasteiger partial charge is 0.383 e. The zero-order valence-electron chi connectivity index (χ0n) is 10.9. The van der Waals surface area contributed by atoms with E-state index in [1.54, 1.807) is 0 Å². The lowest BCUT2D eigenvalue weighted by molar-refractivity contribution is -0.385. The maximum absolute atomic E-state index is 12.0. The number of amides is 1. The molecule has 0 unspecified atom stereocenters. The van der Waals surface area contributed by atoms with Gasteiger partial charge in [0, 0.05) is 25.8 Å². The fourth-order valence-corrected chi connectivity index (χ4v) is 2.03. The molecular weight excluding hydrogens is 264 g/mol. The molecule has 1 fully saturated rings. The molecule has 0 atom stereocenters. The van der Waals surface area contributed by atoms with Gasteiger partial charge in [0.2, 0.25) is 0 Å². The number of pyridine rings is 1. The third-order valence-electron chi connectivity index (χ3n) is 3.25. The summed E-state index contributed by atoms with van der Waals surface area (Å²) in [6, 6.07) is 1.14. The van der Waals surface area contributed by atoms with Crippen LogP contribution >= 0.6 is 0 Å². The Hall–Kier alpha value is -2.22. The van der Waals surface area contributed by atoms with Crippen molar-refractivity contribution in [2.75, 3.05) is 25.5 Å². The molecule has 1 aromatic rings. The van der Waals surface area contributed by atoms with Crippen LogP contribution in [0.15, 0.2) is 12.3 Å². The van der Waals surface area contributed by atoms with E-state index in [1.807, 2.05) is 0 Å². The number of nitrogens with one attached hydrogen (secondary N) is 1. The van der Waals surface area contributed by atoms with Crippen LogP contribution in [0, 0.1) is 16.0 Å². The number of aromatic nitrogens is 1. The van der Waals surface area contributed by atoms with Gasteiger partial charge in [-0.05, 0) is 18.8 Å². The number of hydrogen-bond acceptors (Lipinski definition) is 6. The minimum atomic E-state index is -0.609. The Bertz CT molecular complexity index is 514. The van der Waals surface area contributed by atoms with Crippen LogP contribution in [-0.2, 0) is 4.74 Å². The van der Waals surface area contributed by atoms with Crippen molar-refractivity contribution < 1.29 is 14.5 Å². The highest BCUT2D eigenvalue weighted by Crippen LogP contribution is 2.17. The average Bonchev–Trinajstić information content (AvgIpc) is 2.46. The summed E-state index contributed by atoms with van der Waals surface area (Å²) < 4.78 is 5.23. The van der Waals surface area contributed by atoms with Gasteiger partial charge < -0.3 is 15.8 Å². The summed E-state index contributed by atoms with van der Waals surface area (Å²) in [4.78, 5) is 25.7. The first-order valence-corrected chi connectivity index (χ1v) is 6.34. The van der Waals surface area contributed by atoms with Gasteiger partial charge in [-0.3, -0.25) is 14.9 Å². The van der Waals surface area contributed by atoms with Gasteiger partial charge in [-0.25, -0.2) is 4.98 Å². The van der Waals surface area contributed by atoms with Crippen molar-refractivity contribution >= 4 is 17.4 Å². The molecule has 0 saturated carbocycles. The highest BCUT2D eigenvalue weighted by molar-refractivity contribution is 5.98. The average molecular weight is 280 g/mol. The van der Waals surface area contributed by atoms with Crippen molar-refractivity contribution in [1.29, 1.82) is 0 Å². The molecule has 0 bridgehead atoms. The summed E-state index contributed by atoms with van der Waals surface area (Å²) in [7, 11) is 0. The number of nitro groups is 1. The van der Waals surface area contributed by atoms with Crippen molar-refractivity contribution in [3.05, 3.63) is 27.9 Å². The van der Waals surface area contributed by atoms with Crippen molar-refractivity contribution in [2.24, 2.45) is 5.92 Å². The van der Waals surface area contributed by atoms with Crippen LogP contribution in [0.4, 0.5) is 11.5 Å². The van der Waals surface area contributed by atoms with E-state index in [9.17, 15) is 14.9 Å². The Labute approximate surface area is 115 Å². The van der Waals surface area contributed by atoms with E-state index >= 15 is 0 Å². The maximum atomic E-state index is 12.0. The van der Waals surface area contributed by atoms with Gasteiger partial charge in [0.25, 0.3) is 11.6 Å². The van der Waals surface area contributed by atoms with Crippen molar-refractivity contribution in [2.45, 2.75) is 12.8 Å². The van der Waals surface area contributed by atoms with Crippen LogP contribution in [0.25, 0.3) is 0 Å². The molecule has 0 radical (unpaired) electrons. The van der Waals surface area contributed by atoms with Gasteiger partial charge in [-0.2, -0.15) is 0 Å². The predicted octanol–water partition coefficient (Wildman–Crippen LogP) is 0.728. The Morgan fingerprint density at radius 2 is 2.25 bits per heavy atom. The number of anilines is 1. The molecule has 1 amide bonds. The first-order chi connectivity index (χ1) is 9.58. The highest BCUT2D eigenvalue weighted by atomic mass is 16.6. The number of rotatable bonds is 4. The van der Waals surface area contributed by atoms with Crippen molar-refractivity contribution in [3.8, 4) is 0 Å². The summed E-state index contributed by atoms with van der Waals surface area (Å²) in [5.41, 5.74) is 5.36. The fraction of sp³-hybridized carbons (Fsp3) is 0.500. The van der Waals surface area contributed by atoms with Crippen LogP contribution in [0.1, 0.15) is 23.2 Å². The zero-order valence-corrected chi connectivity index (χ0v) is 10.9. The molecule has 0 aliphatic carbocycles. The molecule has 1 aliphatic rings. The topological polar surface area (TPSA) is 120 Å². The zero-order chi connectivity index (χ0) is 14.5. The molecule has 3 N–H and O–H groups in total. The van der Waals surface area contributed by atoms with Gasteiger partial charge >= 0.3 is 0 Å². The molecule has 20 heavy (non-hydrogen) atoms. The van der Waals surface area contributed by atoms with E-state index < -0.39 is 10.8 Å². The Balaban J connectivity index is 2.00. The monoisotopic (exact) mass is 280 g/mol. The molecule has 1 saturated heterocycles.